The summed E-state index contributed by atoms with van der Waals surface area (Å²) in [6.45, 7) is 1.84. The van der Waals surface area contributed by atoms with E-state index in [1.54, 1.807) is 12.3 Å². The van der Waals surface area contributed by atoms with Gasteiger partial charge < -0.3 is 10.2 Å². The van der Waals surface area contributed by atoms with Crippen LogP contribution in [0.25, 0.3) is 0 Å². The van der Waals surface area contributed by atoms with Gasteiger partial charge in [0, 0.05) is 17.5 Å². The minimum atomic E-state index is -1.03. The van der Waals surface area contributed by atoms with Crippen LogP contribution in [0.4, 0.5) is 0 Å². The molecule has 2 unspecified atom stereocenters. The molecule has 0 aliphatic heterocycles. The van der Waals surface area contributed by atoms with Crippen LogP contribution in [0, 0.1) is 6.92 Å². The lowest BCUT2D eigenvalue weighted by molar-refractivity contribution is 0.0336. The van der Waals surface area contributed by atoms with Crippen LogP contribution in [0.2, 0.25) is 5.15 Å². The van der Waals surface area contributed by atoms with Gasteiger partial charge in [-0.2, -0.15) is 12.6 Å². The van der Waals surface area contributed by atoms with Crippen LogP contribution in [0.1, 0.15) is 17.2 Å². The predicted molar refractivity (Wildman–Crippen MR) is 58.8 cm³/mol. The van der Waals surface area contributed by atoms with E-state index >= 15 is 0 Å². The second kappa shape index (κ2) is 4.98. The topological polar surface area (TPSA) is 53.4 Å². The molecule has 0 aliphatic carbocycles. The lowest BCUT2D eigenvalue weighted by Gasteiger charge is -2.17. The number of nitrogens with zero attached hydrogens (tertiary/aromatic N) is 1. The van der Waals surface area contributed by atoms with E-state index in [1.165, 1.54) is 0 Å². The first-order valence-electron chi connectivity index (χ1n) is 4.15. The SMILES string of the molecule is Cc1cnc(Cl)c(C(O)C(O)CS)c1. The summed E-state index contributed by atoms with van der Waals surface area (Å²) in [4.78, 5) is 3.89. The molecule has 5 heteroatoms. The fraction of sp³-hybridized carbons (Fsp3) is 0.444. The quantitative estimate of drug-likeness (QED) is 0.546. The first-order chi connectivity index (χ1) is 6.56. The van der Waals surface area contributed by atoms with Crippen LogP contribution in [0.15, 0.2) is 12.3 Å². The molecule has 1 heterocycles. The Balaban J connectivity index is 2.99. The normalized spacial score (nSPS) is 15.2. The zero-order valence-corrected chi connectivity index (χ0v) is 9.33. The molecule has 78 valence electrons. The van der Waals surface area contributed by atoms with E-state index in [4.69, 9.17) is 11.6 Å². The van der Waals surface area contributed by atoms with Gasteiger partial charge in [0.2, 0.25) is 0 Å². The zero-order chi connectivity index (χ0) is 10.7. The van der Waals surface area contributed by atoms with E-state index in [1.807, 2.05) is 6.92 Å². The Bertz CT molecular complexity index is 322. The van der Waals surface area contributed by atoms with Crippen molar-refractivity contribution in [3.63, 3.8) is 0 Å². The Morgan fingerprint density at radius 3 is 2.79 bits per heavy atom. The molecule has 3 nitrogen and oxygen atoms in total. The van der Waals surface area contributed by atoms with Crippen LogP contribution >= 0.6 is 24.2 Å². The van der Waals surface area contributed by atoms with Gasteiger partial charge in [-0.25, -0.2) is 4.98 Å². The molecular weight excluding hydrogens is 222 g/mol. The minimum Gasteiger partial charge on any atom is -0.389 e. The molecule has 0 fully saturated rings. The highest BCUT2D eigenvalue weighted by Crippen LogP contribution is 2.24. The molecule has 0 spiro atoms. The molecule has 2 N–H and O–H groups in total. The Hall–Kier alpha value is -0.290. The van der Waals surface area contributed by atoms with E-state index in [-0.39, 0.29) is 10.9 Å². The van der Waals surface area contributed by atoms with Gasteiger partial charge in [0.25, 0.3) is 0 Å². The number of aryl methyl sites for hydroxylation is 1. The molecule has 0 saturated carbocycles. The first kappa shape index (κ1) is 11.8. The van der Waals surface area contributed by atoms with E-state index in [0.29, 0.717) is 5.56 Å². The Morgan fingerprint density at radius 1 is 1.57 bits per heavy atom. The van der Waals surface area contributed by atoms with E-state index < -0.39 is 12.2 Å². The Labute approximate surface area is 93.2 Å². The highest BCUT2D eigenvalue weighted by molar-refractivity contribution is 7.80. The maximum atomic E-state index is 9.67. The van der Waals surface area contributed by atoms with E-state index in [2.05, 4.69) is 17.6 Å². The second-order valence-corrected chi connectivity index (χ2v) is 3.81. The van der Waals surface area contributed by atoms with Crippen molar-refractivity contribution in [1.82, 2.24) is 4.98 Å². The number of hydrogen-bond donors (Lipinski definition) is 3. The fourth-order valence-electron chi connectivity index (χ4n) is 1.09. The summed E-state index contributed by atoms with van der Waals surface area (Å²) >= 11 is 9.68. The van der Waals surface area contributed by atoms with Gasteiger partial charge in [-0.05, 0) is 18.6 Å². The summed E-state index contributed by atoms with van der Waals surface area (Å²) in [6, 6.07) is 1.70. The molecule has 2 atom stereocenters. The Morgan fingerprint density at radius 2 is 2.21 bits per heavy atom. The summed E-state index contributed by atoms with van der Waals surface area (Å²) in [5, 5.41) is 19.3. The van der Waals surface area contributed by atoms with Crippen LogP contribution in [-0.2, 0) is 0 Å². The van der Waals surface area contributed by atoms with Gasteiger partial charge >= 0.3 is 0 Å². The number of aliphatic hydroxyl groups is 2. The summed E-state index contributed by atoms with van der Waals surface area (Å²) in [6.07, 6.45) is -0.363. The molecule has 0 aliphatic rings. The summed E-state index contributed by atoms with van der Waals surface area (Å²) < 4.78 is 0. The average Bonchev–Trinajstić information content (AvgIpc) is 2.19. The lowest BCUT2D eigenvalue weighted by atomic mass is 10.1. The van der Waals surface area contributed by atoms with E-state index in [0.717, 1.165) is 5.56 Å². The second-order valence-electron chi connectivity index (χ2n) is 3.09. The third-order valence-corrected chi connectivity index (χ3v) is 2.56. The van der Waals surface area contributed by atoms with Crippen molar-refractivity contribution >= 4 is 24.2 Å². The van der Waals surface area contributed by atoms with Crippen molar-refractivity contribution in [1.29, 1.82) is 0 Å². The van der Waals surface area contributed by atoms with Crippen LogP contribution in [-0.4, -0.2) is 27.1 Å². The van der Waals surface area contributed by atoms with Gasteiger partial charge in [0.1, 0.15) is 11.3 Å². The number of halogens is 1. The van der Waals surface area contributed by atoms with Crippen molar-refractivity contribution in [3.05, 3.63) is 28.5 Å². The molecule has 1 rings (SSSR count). The first-order valence-corrected chi connectivity index (χ1v) is 5.16. The summed E-state index contributed by atoms with van der Waals surface area (Å²) in [7, 11) is 0. The number of rotatable bonds is 3. The molecule has 14 heavy (non-hydrogen) atoms. The molecule has 0 aromatic carbocycles. The largest absolute Gasteiger partial charge is 0.389 e. The number of aliphatic hydroxyl groups excluding tert-OH is 2. The third-order valence-electron chi connectivity index (χ3n) is 1.87. The lowest BCUT2D eigenvalue weighted by Crippen LogP contribution is -2.20. The van der Waals surface area contributed by atoms with Gasteiger partial charge in [0.05, 0.1) is 6.10 Å². The standard InChI is InChI=1S/C9H12ClNO2S/c1-5-2-6(9(10)11-3-5)8(13)7(12)4-14/h2-3,7-8,12-14H,4H2,1H3. The molecular formula is C9H12ClNO2S. The number of aromatic nitrogens is 1. The Kier molecular flexibility index (Phi) is 4.19. The number of thiol groups is 1. The number of pyridine rings is 1. The monoisotopic (exact) mass is 233 g/mol. The van der Waals surface area contributed by atoms with Crippen LogP contribution < -0.4 is 0 Å². The summed E-state index contributed by atoms with van der Waals surface area (Å²) in [5.41, 5.74) is 1.32. The van der Waals surface area contributed by atoms with Gasteiger partial charge in [0.15, 0.2) is 0 Å². The van der Waals surface area contributed by atoms with Crippen molar-refractivity contribution in [2.75, 3.05) is 5.75 Å². The molecule has 0 amide bonds. The van der Waals surface area contributed by atoms with Crippen molar-refractivity contribution in [3.8, 4) is 0 Å². The van der Waals surface area contributed by atoms with Crippen molar-refractivity contribution in [2.24, 2.45) is 0 Å². The van der Waals surface area contributed by atoms with Gasteiger partial charge in [-0.3, -0.25) is 0 Å². The number of hydrogen-bond acceptors (Lipinski definition) is 4. The molecule has 0 bridgehead atoms. The zero-order valence-electron chi connectivity index (χ0n) is 7.68. The highest BCUT2D eigenvalue weighted by Gasteiger charge is 2.20. The molecule has 0 radical (unpaired) electrons. The van der Waals surface area contributed by atoms with Crippen molar-refractivity contribution in [2.45, 2.75) is 19.1 Å². The van der Waals surface area contributed by atoms with Crippen molar-refractivity contribution < 1.29 is 10.2 Å². The molecule has 1 aromatic rings. The van der Waals surface area contributed by atoms with E-state index in [9.17, 15) is 10.2 Å². The highest BCUT2D eigenvalue weighted by atomic mass is 35.5. The molecule has 0 saturated heterocycles. The smallest absolute Gasteiger partial charge is 0.134 e. The average molecular weight is 234 g/mol. The van der Waals surface area contributed by atoms with Crippen LogP contribution in [0.5, 0.6) is 0 Å². The maximum Gasteiger partial charge on any atom is 0.134 e. The maximum absolute atomic E-state index is 9.67. The minimum absolute atomic E-state index is 0.172. The van der Waals surface area contributed by atoms with Crippen LogP contribution in [0.3, 0.4) is 0 Å². The van der Waals surface area contributed by atoms with Gasteiger partial charge in [-0.15, -0.1) is 0 Å². The third kappa shape index (κ3) is 2.60. The molecule has 1 aromatic heterocycles. The predicted octanol–water partition coefficient (Wildman–Crippen LogP) is 1.37. The fourth-order valence-corrected chi connectivity index (χ4v) is 1.50. The van der Waals surface area contributed by atoms with Gasteiger partial charge in [-0.1, -0.05) is 11.6 Å². The summed E-state index contributed by atoms with van der Waals surface area (Å²) in [5.74, 6) is 0.172.